The molecule has 3 rings (SSSR count). The molecule has 1 aromatic heterocycles. The maximum Gasteiger partial charge on any atom is 0.173 e. The molecule has 2 aromatic rings. The van der Waals surface area contributed by atoms with Crippen LogP contribution < -0.4 is 5.32 Å². The average Bonchev–Trinajstić information content (AvgIpc) is 3.27. The fourth-order valence-electron chi connectivity index (χ4n) is 3.26. The quantitative estimate of drug-likeness (QED) is 0.748. The molecule has 1 fully saturated rings. The van der Waals surface area contributed by atoms with Crippen LogP contribution in [0.1, 0.15) is 30.6 Å². The van der Waals surface area contributed by atoms with Crippen LogP contribution in [0.25, 0.3) is 0 Å². The Hall–Kier alpha value is -1.85. The Bertz CT molecular complexity index is 665. The molecular formula is C20H27N3OS. The topological polar surface area (TPSA) is 31.6 Å². The highest BCUT2D eigenvalue weighted by molar-refractivity contribution is 7.80. The zero-order valence-corrected chi connectivity index (χ0v) is 15.7. The molecule has 0 atom stereocenters. The smallest absolute Gasteiger partial charge is 0.173 e. The summed E-state index contributed by atoms with van der Waals surface area (Å²) in [6, 6.07) is 12.2. The predicted octanol–water partition coefficient (Wildman–Crippen LogP) is 4.27. The zero-order valence-electron chi connectivity index (χ0n) is 14.9. The van der Waals surface area contributed by atoms with Gasteiger partial charge in [-0.2, -0.15) is 0 Å². The van der Waals surface area contributed by atoms with Gasteiger partial charge in [0.05, 0.1) is 12.8 Å². The van der Waals surface area contributed by atoms with Crippen LogP contribution in [0.3, 0.4) is 0 Å². The minimum absolute atomic E-state index is 0.699. The first-order valence-corrected chi connectivity index (χ1v) is 9.49. The summed E-state index contributed by atoms with van der Waals surface area (Å²) < 4.78 is 5.52. The van der Waals surface area contributed by atoms with Gasteiger partial charge < -0.3 is 19.5 Å². The number of rotatable bonds is 7. The van der Waals surface area contributed by atoms with E-state index in [1.165, 1.54) is 31.5 Å². The van der Waals surface area contributed by atoms with Crippen molar-refractivity contribution in [2.75, 3.05) is 31.5 Å². The van der Waals surface area contributed by atoms with E-state index in [1.54, 1.807) is 6.26 Å². The normalized spacial score (nSPS) is 14.6. The fourth-order valence-corrected chi connectivity index (χ4v) is 3.53. The number of thiocarbonyl (C=S) groups is 1. The van der Waals surface area contributed by atoms with Crippen molar-refractivity contribution < 1.29 is 4.42 Å². The number of furan rings is 1. The van der Waals surface area contributed by atoms with E-state index in [-0.39, 0.29) is 0 Å². The Morgan fingerprint density at radius 1 is 1.24 bits per heavy atom. The average molecular weight is 358 g/mol. The molecule has 1 saturated heterocycles. The van der Waals surface area contributed by atoms with Crippen LogP contribution in [0.5, 0.6) is 0 Å². The second-order valence-electron chi connectivity index (χ2n) is 6.70. The second kappa shape index (κ2) is 9.02. The second-order valence-corrected chi connectivity index (χ2v) is 7.09. The van der Waals surface area contributed by atoms with Crippen LogP contribution in [0.2, 0.25) is 0 Å². The lowest BCUT2D eigenvalue weighted by molar-refractivity contribution is 0.298. The third-order valence-corrected chi connectivity index (χ3v) is 4.94. The van der Waals surface area contributed by atoms with Gasteiger partial charge in [-0.3, -0.25) is 0 Å². The number of aryl methyl sites for hydroxylation is 1. The van der Waals surface area contributed by atoms with Gasteiger partial charge in [-0.25, -0.2) is 0 Å². The SMILES string of the molecule is Cc1cccc(NC(=S)N(CCCN2CCCC2)Cc2ccco2)c1. The fraction of sp³-hybridized carbons (Fsp3) is 0.450. The van der Waals surface area contributed by atoms with Crippen LogP contribution in [-0.4, -0.2) is 41.1 Å². The van der Waals surface area contributed by atoms with Crippen molar-refractivity contribution in [2.45, 2.75) is 32.7 Å². The van der Waals surface area contributed by atoms with Gasteiger partial charge in [0, 0.05) is 12.2 Å². The lowest BCUT2D eigenvalue weighted by Gasteiger charge is -2.26. The van der Waals surface area contributed by atoms with E-state index in [4.69, 9.17) is 16.6 Å². The molecule has 0 amide bonds. The summed E-state index contributed by atoms with van der Waals surface area (Å²) in [4.78, 5) is 4.74. The molecule has 2 heterocycles. The van der Waals surface area contributed by atoms with Gasteiger partial charge in [0.1, 0.15) is 5.76 Å². The highest BCUT2D eigenvalue weighted by Gasteiger charge is 2.15. The van der Waals surface area contributed by atoms with E-state index >= 15 is 0 Å². The molecule has 5 heteroatoms. The van der Waals surface area contributed by atoms with Crippen molar-refractivity contribution in [2.24, 2.45) is 0 Å². The molecule has 1 aromatic carbocycles. The molecule has 0 spiro atoms. The van der Waals surface area contributed by atoms with Gasteiger partial charge in [0.2, 0.25) is 0 Å². The third-order valence-electron chi connectivity index (χ3n) is 4.58. The van der Waals surface area contributed by atoms with Crippen LogP contribution in [-0.2, 0) is 6.54 Å². The molecule has 25 heavy (non-hydrogen) atoms. The summed E-state index contributed by atoms with van der Waals surface area (Å²) in [5.41, 5.74) is 2.26. The minimum atomic E-state index is 0.699. The number of nitrogens with zero attached hydrogens (tertiary/aromatic N) is 2. The summed E-state index contributed by atoms with van der Waals surface area (Å²) >= 11 is 5.68. The zero-order chi connectivity index (χ0) is 17.5. The number of anilines is 1. The van der Waals surface area contributed by atoms with E-state index in [0.29, 0.717) is 6.54 Å². The highest BCUT2D eigenvalue weighted by Crippen LogP contribution is 2.14. The van der Waals surface area contributed by atoms with E-state index in [2.05, 4.69) is 40.2 Å². The van der Waals surface area contributed by atoms with Crippen molar-refractivity contribution in [1.82, 2.24) is 9.80 Å². The molecule has 0 saturated carbocycles. The van der Waals surface area contributed by atoms with Crippen molar-refractivity contribution in [1.29, 1.82) is 0 Å². The molecule has 1 N–H and O–H groups in total. The summed E-state index contributed by atoms with van der Waals surface area (Å²) in [7, 11) is 0. The van der Waals surface area contributed by atoms with Crippen molar-refractivity contribution in [3.63, 3.8) is 0 Å². The summed E-state index contributed by atoms with van der Waals surface area (Å²) in [5.74, 6) is 0.939. The number of nitrogens with one attached hydrogen (secondary N) is 1. The van der Waals surface area contributed by atoms with Crippen LogP contribution >= 0.6 is 12.2 Å². The Morgan fingerprint density at radius 3 is 2.80 bits per heavy atom. The summed E-state index contributed by atoms with van der Waals surface area (Å²) in [6.45, 7) is 7.33. The monoisotopic (exact) mass is 357 g/mol. The Balaban J connectivity index is 1.58. The van der Waals surface area contributed by atoms with E-state index in [1.807, 2.05) is 18.2 Å². The van der Waals surface area contributed by atoms with Gasteiger partial charge in [-0.05, 0) is 87.9 Å². The van der Waals surface area contributed by atoms with Gasteiger partial charge >= 0.3 is 0 Å². The molecule has 0 radical (unpaired) electrons. The third kappa shape index (κ3) is 5.58. The highest BCUT2D eigenvalue weighted by atomic mass is 32.1. The number of benzene rings is 1. The molecular weight excluding hydrogens is 330 g/mol. The molecule has 0 aliphatic carbocycles. The molecule has 1 aliphatic heterocycles. The van der Waals surface area contributed by atoms with Crippen molar-refractivity contribution in [3.05, 3.63) is 54.0 Å². The lowest BCUT2D eigenvalue weighted by Crippen LogP contribution is -2.36. The maximum atomic E-state index is 5.68. The summed E-state index contributed by atoms with van der Waals surface area (Å²) in [6.07, 6.45) is 5.50. The van der Waals surface area contributed by atoms with E-state index in [0.717, 1.165) is 36.1 Å². The van der Waals surface area contributed by atoms with Gasteiger partial charge in [0.15, 0.2) is 5.11 Å². The Kier molecular flexibility index (Phi) is 6.48. The Labute approximate surface area is 155 Å². The van der Waals surface area contributed by atoms with Crippen LogP contribution in [0.15, 0.2) is 47.1 Å². The largest absolute Gasteiger partial charge is 0.467 e. The van der Waals surface area contributed by atoms with Crippen LogP contribution in [0.4, 0.5) is 5.69 Å². The molecule has 4 nitrogen and oxygen atoms in total. The van der Waals surface area contributed by atoms with Gasteiger partial charge in [-0.15, -0.1) is 0 Å². The van der Waals surface area contributed by atoms with Gasteiger partial charge in [-0.1, -0.05) is 12.1 Å². The molecule has 1 aliphatic rings. The van der Waals surface area contributed by atoms with E-state index < -0.39 is 0 Å². The number of hydrogen-bond donors (Lipinski definition) is 1. The Morgan fingerprint density at radius 2 is 2.08 bits per heavy atom. The van der Waals surface area contributed by atoms with E-state index in [9.17, 15) is 0 Å². The first-order valence-electron chi connectivity index (χ1n) is 9.08. The van der Waals surface area contributed by atoms with Crippen molar-refractivity contribution >= 4 is 23.0 Å². The predicted molar refractivity (Wildman–Crippen MR) is 107 cm³/mol. The number of hydrogen-bond acceptors (Lipinski definition) is 3. The molecule has 0 bridgehead atoms. The van der Waals surface area contributed by atoms with Crippen LogP contribution in [0, 0.1) is 6.92 Å². The first kappa shape index (κ1) is 18.0. The van der Waals surface area contributed by atoms with Crippen molar-refractivity contribution in [3.8, 4) is 0 Å². The minimum Gasteiger partial charge on any atom is -0.467 e. The first-order chi connectivity index (χ1) is 12.2. The standard InChI is InChI=1S/C20H27N3OS/c1-17-7-4-8-18(15-17)21-20(25)23(16-19-9-5-14-24-19)13-6-12-22-10-2-3-11-22/h4-5,7-9,14-15H,2-3,6,10-13,16H2,1H3,(H,21,25). The molecule has 134 valence electrons. The number of likely N-dealkylation sites (tertiary alicyclic amines) is 1. The molecule has 0 unspecified atom stereocenters. The maximum absolute atomic E-state index is 5.68. The van der Waals surface area contributed by atoms with Gasteiger partial charge in [0.25, 0.3) is 0 Å². The summed E-state index contributed by atoms with van der Waals surface area (Å²) in [5, 5.41) is 4.13. The lowest BCUT2D eigenvalue weighted by atomic mass is 10.2.